The first-order valence-electron chi connectivity index (χ1n) is 8.86. The average Bonchev–Trinajstić information content (AvgIpc) is 3.17. The SMILES string of the molecule is Cc1ccc(OCC(=O)Nc2cccc(-c3ccc4nncn4n3)c2)cc1C. The van der Waals surface area contributed by atoms with Crippen molar-refractivity contribution in [3.05, 3.63) is 72.1 Å². The van der Waals surface area contributed by atoms with E-state index in [2.05, 4.69) is 20.6 Å². The number of anilines is 1. The summed E-state index contributed by atoms with van der Waals surface area (Å²) in [5.41, 5.74) is 5.31. The zero-order chi connectivity index (χ0) is 19.5. The second-order valence-corrected chi connectivity index (χ2v) is 6.52. The van der Waals surface area contributed by atoms with Crippen LogP contribution >= 0.6 is 0 Å². The minimum Gasteiger partial charge on any atom is -0.484 e. The zero-order valence-corrected chi connectivity index (χ0v) is 15.6. The predicted molar refractivity (Wildman–Crippen MR) is 106 cm³/mol. The maximum atomic E-state index is 12.3. The Kier molecular flexibility index (Phi) is 4.72. The molecule has 140 valence electrons. The molecule has 1 amide bonds. The number of nitrogens with zero attached hydrogens (tertiary/aromatic N) is 4. The molecule has 0 unspecified atom stereocenters. The number of amides is 1. The second-order valence-electron chi connectivity index (χ2n) is 6.52. The number of carbonyl (C=O) groups excluding carboxylic acids is 1. The molecule has 0 fully saturated rings. The fourth-order valence-electron chi connectivity index (χ4n) is 2.79. The summed E-state index contributed by atoms with van der Waals surface area (Å²) in [7, 11) is 0. The van der Waals surface area contributed by atoms with Crippen molar-refractivity contribution in [1.29, 1.82) is 0 Å². The monoisotopic (exact) mass is 373 g/mol. The van der Waals surface area contributed by atoms with Crippen molar-refractivity contribution in [3.63, 3.8) is 0 Å². The Morgan fingerprint density at radius 1 is 1.07 bits per heavy atom. The molecule has 2 aromatic carbocycles. The highest BCUT2D eigenvalue weighted by atomic mass is 16.5. The third kappa shape index (κ3) is 3.83. The van der Waals surface area contributed by atoms with Gasteiger partial charge in [-0.3, -0.25) is 4.79 Å². The van der Waals surface area contributed by atoms with Crippen LogP contribution in [0.4, 0.5) is 5.69 Å². The van der Waals surface area contributed by atoms with E-state index in [1.165, 1.54) is 5.56 Å². The van der Waals surface area contributed by atoms with Crippen molar-refractivity contribution in [1.82, 2.24) is 19.8 Å². The number of ether oxygens (including phenoxy) is 1. The quantitative estimate of drug-likeness (QED) is 0.580. The molecular formula is C21H19N5O2. The molecule has 2 heterocycles. The lowest BCUT2D eigenvalue weighted by Crippen LogP contribution is -2.20. The lowest BCUT2D eigenvalue weighted by Gasteiger charge is -2.10. The summed E-state index contributed by atoms with van der Waals surface area (Å²) < 4.78 is 7.20. The summed E-state index contributed by atoms with van der Waals surface area (Å²) in [6.07, 6.45) is 1.55. The standard InChI is InChI=1S/C21H19N5O2/c1-14-6-7-18(10-15(14)2)28-12-21(27)23-17-5-3-4-16(11-17)19-8-9-20-24-22-13-26(20)25-19/h3-11,13H,12H2,1-2H3,(H,23,27). The van der Waals surface area contributed by atoms with Gasteiger partial charge < -0.3 is 10.1 Å². The Bertz CT molecular complexity index is 1150. The highest BCUT2D eigenvalue weighted by Gasteiger charge is 2.07. The van der Waals surface area contributed by atoms with Gasteiger partial charge in [-0.05, 0) is 61.4 Å². The van der Waals surface area contributed by atoms with E-state index < -0.39 is 0 Å². The van der Waals surface area contributed by atoms with Crippen LogP contribution in [-0.4, -0.2) is 32.3 Å². The first-order valence-corrected chi connectivity index (χ1v) is 8.86. The molecule has 4 aromatic rings. The molecule has 0 saturated carbocycles. The van der Waals surface area contributed by atoms with Gasteiger partial charge in [-0.1, -0.05) is 18.2 Å². The van der Waals surface area contributed by atoms with Crippen LogP contribution in [0.3, 0.4) is 0 Å². The zero-order valence-electron chi connectivity index (χ0n) is 15.6. The molecule has 28 heavy (non-hydrogen) atoms. The third-order valence-electron chi connectivity index (χ3n) is 4.45. The van der Waals surface area contributed by atoms with Crippen LogP contribution in [-0.2, 0) is 4.79 Å². The normalized spacial score (nSPS) is 10.8. The van der Waals surface area contributed by atoms with Crippen molar-refractivity contribution in [3.8, 4) is 17.0 Å². The van der Waals surface area contributed by atoms with Gasteiger partial charge in [0.15, 0.2) is 12.3 Å². The number of nitrogens with one attached hydrogen (secondary N) is 1. The van der Waals surface area contributed by atoms with Crippen LogP contribution in [0, 0.1) is 13.8 Å². The fourth-order valence-corrected chi connectivity index (χ4v) is 2.79. The fraction of sp³-hybridized carbons (Fsp3) is 0.143. The van der Waals surface area contributed by atoms with E-state index in [0.29, 0.717) is 17.1 Å². The van der Waals surface area contributed by atoms with Crippen LogP contribution in [0.5, 0.6) is 5.75 Å². The molecule has 7 heteroatoms. The molecule has 0 atom stereocenters. The number of aryl methyl sites for hydroxylation is 2. The molecule has 0 aliphatic rings. The van der Waals surface area contributed by atoms with Gasteiger partial charge in [0.1, 0.15) is 12.1 Å². The summed E-state index contributed by atoms with van der Waals surface area (Å²) in [5, 5.41) is 15.1. The maximum Gasteiger partial charge on any atom is 0.262 e. The van der Waals surface area contributed by atoms with Gasteiger partial charge in [0.25, 0.3) is 5.91 Å². The van der Waals surface area contributed by atoms with Gasteiger partial charge in [-0.15, -0.1) is 10.2 Å². The van der Waals surface area contributed by atoms with Crippen LogP contribution in [0.2, 0.25) is 0 Å². The van der Waals surface area contributed by atoms with Crippen molar-refractivity contribution >= 4 is 17.2 Å². The highest BCUT2D eigenvalue weighted by Crippen LogP contribution is 2.21. The summed E-state index contributed by atoms with van der Waals surface area (Å²) in [6, 6.07) is 17.0. The van der Waals surface area contributed by atoms with Gasteiger partial charge in [0, 0.05) is 11.3 Å². The minimum absolute atomic E-state index is 0.0579. The molecule has 2 aromatic heterocycles. The number of hydrogen-bond donors (Lipinski definition) is 1. The van der Waals surface area contributed by atoms with Crippen LogP contribution < -0.4 is 10.1 Å². The number of benzene rings is 2. The Balaban J connectivity index is 1.43. The van der Waals surface area contributed by atoms with E-state index in [4.69, 9.17) is 4.74 Å². The first-order chi connectivity index (χ1) is 13.6. The molecule has 7 nitrogen and oxygen atoms in total. The molecule has 0 radical (unpaired) electrons. The van der Waals surface area contributed by atoms with Gasteiger partial charge in [-0.25, -0.2) is 0 Å². The second kappa shape index (κ2) is 7.48. The number of aromatic nitrogens is 4. The maximum absolute atomic E-state index is 12.3. The van der Waals surface area contributed by atoms with E-state index in [-0.39, 0.29) is 12.5 Å². The topological polar surface area (TPSA) is 81.4 Å². The van der Waals surface area contributed by atoms with E-state index in [1.807, 2.05) is 68.4 Å². The Hall–Kier alpha value is -3.74. The van der Waals surface area contributed by atoms with Crippen LogP contribution in [0.25, 0.3) is 16.9 Å². The van der Waals surface area contributed by atoms with Crippen LogP contribution in [0.15, 0.2) is 60.9 Å². The average molecular weight is 373 g/mol. The third-order valence-corrected chi connectivity index (χ3v) is 4.45. The number of rotatable bonds is 5. The Morgan fingerprint density at radius 2 is 1.96 bits per heavy atom. The van der Waals surface area contributed by atoms with Gasteiger partial charge in [-0.2, -0.15) is 9.61 Å². The van der Waals surface area contributed by atoms with Gasteiger partial charge >= 0.3 is 0 Å². The van der Waals surface area contributed by atoms with E-state index in [0.717, 1.165) is 16.8 Å². The smallest absolute Gasteiger partial charge is 0.262 e. The molecule has 0 saturated heterocycles. The van der Waals surface area contributed by atoms with Crippen molar-refractivity contribution < 1.29 is 9.53 Å². The molecule has 1 N–H and O–H groups in total. The van der Waals surface area contributed by atoms with E-state index in [9.17, 15) is 4.79 Å². The summed E-state index contributed by atoms with van der Waals surface area (Å²) in [5.74, 6) is 0.455. The van der Waals surface area contributed by atoms with Gasteiger partial charge in [0.05, 0.1) is 5.69 Å². The minimum atomic E-state index is -0.224. The van der Waals surface area contributed by atoms with Gasteiger partial charge in [0.2, 0.25) is 0 Å². The number of fused-ring (bicyclic) bond motifs is 1. The lowest BCUT2D eigenvalue weighted by molar-refractivity contribution is -0.118. The summed E-state index contributed by atoms with van der Waals surface area (Å²) in [6.45, 7) is 3.99. The van der Waals surface area contributed by atoms with Crippen molar-refractivity contribution in [2.45, 2.75) is 13.8 Å². The number of carbonyl (C=O) groups is 1. The Labute approximate surface area is 162 Å². The molecule has 0 aliphatic carbocycles. The molecule has 4 rings (SSSR count). The van der Waals surface area contributed by atoms with Crippen LogP contribution in [0.1, 0.15) is 11.1 Å². The van der Waals surface area contributed by atoms with Crippen molar-refractivity contribution in [2.75, 3.05) is 11.9 Å². The van der Waals surface area contributed by atoms with Crippen molar-refractivity contribution in [2.24, 2.45) is 0 Å². The molecule has 0 spiro atoms. The largest absolute Gasteiger partial charge is 0.484 e. The Morgan fingerprint density at radius 3 is 2.82 bits per heavy atom. The predicted octanol–water partition coefficient (Wildman–Crippen LogP) is 3.43. The molecule has 0 aliphatic heterocycles. The first kappa shape index (κ1) is 17.7. The molecule has 0 bridgehead atoms. The molecular weight excluding hydrogens is 354 g/mol. The number of hydrogen-bond acceptors (Lipinski definition) is 5. The van der Waals surface area contributed by atoms with E-state index >= 15 is 0 Å². The van der Waals surface area contributed by atoms with E-state index in [1.54, 1.807) is 10.8 Å². The summed E-state index contributed by atoms with van der Waals surface area (Å²) >= 11 is 0. The highest BCUT2D eigenvalue weighted by molar-refractivity contribution is 5.92. The summed E-state index contributed by atoms with van der Waals surface area (Å²) in [4.78, 5) is 12.3. The lowest BCUT2D eigenvalue weighted by atomic mass is 10.1.